The minimum atomic E-state index is -0.00134. The number of thioether (sulfide) groups is 1. The van der Waals surface area contributed by atoms with Crippen molar-refractivity contribution in [1.29, 1.82) is 0 Å². The first-order chi connectivity index (χ1) is 7.54. The van der Waals surface area contributed by atoms with Crippen LogP contribution in [0, 0.1) is 6.92 Å². The minimum Gasteiger partial charge on any atom is -0.397 e. The predicted octanol–water partition coefficient (Wildman–Crippen LogP) is 3.45. The Morgan fingerprint density at radius 2 is 2.18 bits per heavy atom. The molecule has 0 aliphatic rings. The molecule has 0 aromatic heterocycles. The van der Waals surface area contributed by atoms with E-state index in [0.717, 1.165) is 15.8 Å². The molecule has 0 fully saturated rings. The normalized spacial score (nSPS) is 9.59. The van der Waals surface area contributed by atoms with Crippen LogP contribution in [-0.2, 0) is 4.79 Å². The van der Waals surface area contributed by atoms with Crippen LogP contribution in [0.3, 0.4) is 0 Å². The summed E-state index contributed by atoms with van der Waals surface area (Å²) in [5.74, 6) is 0.817. The number of halogens is 2. The number of carbonyl (C=O) groups is 1. The summed E-state index contributed by atoms with van der Waals surface area (Å²) in [5, 5.41) is 2.82. The van der Waals surface area contributed by atoms with E-state index in [1.807, 2.05) is 25.3 Å². The molecule has 0 atom stereocenters. The van der Waals surface area contributed by atoms with Gasteiger partial charge in [-0.2, -0.15) is 11.8 Å². The molecular weight excluding hydrogens is 324 g/mol. The molecule has 0 heterocycles. The topological polar surface area (TPSA) is 55.1 Å². The fourth-order valence-electron chi connectivity index (χ4n) is 1.27. The Labute approximate surface area is 120 Å². The van der Waals surface area contributed by atoms with Gasteiger partial charge in [0.1, 0.15) is 0 Å². The zero-order chi connectivity index (χ0) is 12.1. The standard InChI is InChI=1S/C11H15BrN2OS.ClH/c1-7-5-8(12)6-9(11(7)13)14-10(15)3-4-16-2;/h5-6H,3-4,13H2,1-2H3,(H,14,15);1H. The van der Waals surface area contributed by atoms with Crippen molar-refractivity contribution in [3.8, 4) is 0 Å². The van der Waals surface area contributed by atoms with Crippen LogP contribution in [0.1, 0.15) is 12.0 Å². The van der Waals surface area contributed by atoms with Gasteiger partial charge in [0.25, 0.3) is 0 Å². The Kier molecular flexibility index (Phi) is 7.66. The molecule has 6 heteroatoms. The SMILES string of the molecule is CSCCC(=O)Nc1cc(Br)cc(C)c1N.Cl. The molecule has 0 aliphatic heterocycles. The van der Waals surface area contributed by atoms with E-state index in [1.54, 1.807) is 11.8 Å². The number of anilines is 2. The van der Waals surface area contributed by atoms with E-state index in [1.165, 1.54) is 0 Å². The fraction of sp³-hybridized carbons (Fsp3) is 0.364. The highest BCUT2D eigenvalue weighted by atomic mass is 79.9. The molecule has 1 rings (SSSR count). The van der Waals surface area contributed by atoms with Gasteiger partial charge in [0, 0.05) is 16.6 Å². The van der Waals surface area contributed by atoms with Crippen LogP contribution in [0.15, 0.2) is 16.6 Å². The third-order valence-electron chi connectivity index (χ3n) is 2.16. The van der Waals surface area contributed by atoms with E-state index in [2.05, 4.69) is 21.2 Å². The summed E-state index contributed by atoms with van der Waals surface area (Å²) in [4.78, 5) is 11.6. The zero-order valence-corrected chi connectivity index (χ0v) is 13.0. The second-order valence-electron chi connectivity index (χ2n) is 3.47. The van der Waals surface area contributed by atoms with Crippen molar-refractivity contribution >= 4 is 57.4 Å². The molecule has 3 nitrogen and oxygen atoms in total. The lowest BCUT2D eigenvalue weighted by atomic mass is 10.1. The third-order valence-corrected chi connectivity index (χ3v) is 3.23. The molecule has 0 saturated heterocycles. The first kappa shape index (κ1) is 16.6. The van der Waals surface area contributed by atoms with Crippen LogP contribution in [0.5, 0.6) is 0 Å². The average Bonchev–Trinajstić information content (AvgIpc) is 2.22. The van der Waals surface area contributed by atoms with Crippen LogP contribution in [0.25, 0.3) is 0 Å². The third kappa shape index (κ3) is 5.19. The Hall–Kier alpha value is -0.390. The van der Waals surface area contributed by atoms with Crippen LogP contribution >= 0.6 is 40.1 Å². The highest BCUT2D eigenvalue weighted by Gasteiger charge is 2.07. The van der Waals surface area contributed by atoms with E-state index in [-0.39, 0.29) is 18.3 Å². The number of hydrogen-bond acceptors (Lipinski definition) is 3. The molecule has 0 unspecified atom stereocenters. The summed E-state index contributed by atoms with van der Waals surface area (Å²) >= 11 is 5.03. The Balaban J connectivity index is 0.00000256. The fourth-order valence-corrected chi connectivity index (χ4v) is 2.23. The average molecular weight is 340 g/mol. The Morgan fingerprint density at radius 1 is 1.53 bits per heavy atom. The van der Waals surface area contributed by atoms with Crippen LogP contribution < -0.4 is 11.1 Å². The summed E-state index contributed by atoms with van der Waals surface area (Å²) in [7, 11) is 0. The first-order valence-electron chi connectivity index (χ1n) is 4.89. The van der Waals surface area contributed by atoms with Gasteiger partial charge in [-0.1, -0.05) is 15.9 Å². The number of carbonyl (C=O) groups excluding carboxylic acids is 1. The number of nitrogen functional groups attached to an aromatic ring is 1. The van der Waals surface area contributed by atoms with E-state index >= 15 is 0 Å². The van der Waals surface area contributed by atoms with Gasteiger partial charge in [0.15, 0.2) is 0 Å². The second-order valence-corrected chi connectivity index (χ2v) is 5.38. The van der Waals surface area contributed by atoms with Crippen molar-refractivity contribution < 1.29 is 4.79 Å². The number of aryl methyl sites for hydroxylation is 1. The van der Waals surface area contributed by atoms with Crippen LogP contribution in [0.2, 0.25) is 0 Å². The molecule has 1 aromatic carbocycles. The maximum Gasteiger partial charge on any atom is 0.225 e. The summed E-state index contributed by atoms with van der Waals surface area (Å²) in [6.07, 6.45) is 2.48. The van der Waals surface area contributed by atoms with Crippen LogP contribution in [0.4, 0.5) is 11.4 Å². The molecule has 0 radical (unpaired) electrons. The van der Waals surface area contributed by atoms with Crippen molar-refractivity contribution in [3.05, 3.63) is 22.2 Å². The Morgan fingerprint density at radius 3 is 2.76 bits per heavy atom. The van der Waals surface area contributed by atoms with Crippen molar-refractivity contribution in [2.24, 2.45) is 0 Å². The lowest BCUT2D eigenvalue weighted by Gasteiger charge is -2.10. The van der Waals surface area contributed by atoms with Crippen molar-refractivity contribution in [1.82, 2.24) is 0 Å². The van der Waals surface area contributed by atoms with Gasteiger partial charge in [-0.3, -0.25) is 4.79 Å². The molecule has 17 heavy (non-hydrogen) atoms. The van der Waals surface area contributed by atoms with Crippen molar-refractivity contribution in [3.63, 3.8) is 0 Å². The van der Waals surface area contributed by atoms with E-state index < -0.39 is 0 Å². The number of rotatable bonds is 4. The summed E-state index contributed by atoms with van der Waals surface area (Å²) in [6, 6.07) is 3.74. The minimum absolute atomic E-state index is 0. The van der Waals surface area contributed by atoms with Crippen molar-refractivity contribution in [2.45, 2.75) is 13.3 Å². The van der Waals surface area contributed by atoms with Gasteiger partial charge in [0.05, 0.1) is 11.4 Å². The lowest BCUT2D eigenvalue weighted by Crippen LogP contribution is -2.13. The number of nitrogens with two attached hydrogens (primary N) is 1. The predicted molar refractivity (Wildman–Crippen MR) is 82.2 cm³/mol. The Bertz CT molecular complexity index is 401. The quantitative estimate of drug-likeness (QED) is 0.826. The molecule has 1 amide bonds. The molecule has 0 aliphatic carbocycles. The van der Waals surface area contributed by atoms with Gasteiger partial charge in [-0.05, 0) is 30.9 Å². The lowest BCUT2D eigenvalue weighted by molar-refractivity contribution is -0.115. The van der Waals surface area contributed by atoms with Crippen molar-refractivity contribution in [2.75, 3.05) is 23.1 Å². The zero-order valence-electron chi connectivity index (χ0n) is 9.75. The van der Waals surface area contributed by atoms with Gasteiger partial charge < -0.3 is 11.1 Å². The van der Waals surface area contributed by atoms with Gasteiger partial charge in [0.2, 0.25) is 5.91 Å². The smallest absolute Gasteiger partial charge is 0.225 e. The number of hydrogen-bond donors (Lipinski definition) is 2. The maximum absolute atomic E-state index is 11.6. The number of nitrogens with one attached hydrogen (secondary N) is 1. The van der Waals surface area contributed by atoms with Gasteiger partial charge >= 0.3 is 0 Å². The monoisotopic (exact) mass is 338 g/mol. The summed E-state index contributed by atoms with van der Waals surface area (Å²) in [5.41, 5.74) is 8.15. The second kappa shape index (κ2) is 7.84. The van der Waals surface area contributed by atoms with Gasteiger partial charge in [-0.15, -0.1) is 12.4 Å². The van der Waals surface area contributed by atoms with E-state index in [9.17, 15) is 4.79 Å². The first-order valence-corrected chi connectivity index (χ1v) is 7.07. The molecule has 0 spiro atoms. The summed E-state index contributed by atoms with van der Waals surface area (Å²) < 4.78 is 0.916. The molecule has 96 valence electrons. The molecular formula is C11H16BrClN2OS. The largest absolute Gasteiger partial charge is 0.397 e. The maximum atomic E-state index is 11.6. The molecule has 1 aromatic rings. The highest BCUT2D eigenvalue weighted by molar-refractivity contribution is 9.10. The molecule has 3 N–H and O–H groups in total. The number of amides is 1. The summed E-state index contributed by atoms with van der Waals surface area (Å²) in [6.45, 7) is 1.91. The number of benzene rings is 1. The van der Waals surface area contributed by atoms with Gasteiger partial charge in [-0.25, -0.2) is 0 Å². The molecule has 0 saturated carbocycles. The van der Waals surface area contributed by atoms with E-state index in [0.29, 0.717) is 17.8 Å². The highest BCUT2D eigenvalue weighted by Crippen LogP contribution is 2.27. The molecule has 0 bridgehead atoms. The van der Waals surface area contributed by atoms with E-state index in [4.69, 9.17) is 5.73 Å². The van der Waals surface area contributed by atoms with Crippen LogP contribution in [-0.4, -0.2) is 17.9 Å².